The van der Waals surface area contributed by atoms with Crippen molar-refractivity contribution in [3.63, 3.8) is 0 Å². The van der Waals surface area contributed by atoms with Gasteiger partial charge in [0.25, 0.3) is 0 Å². The number of hydrogen-bond donors (Lipinski definition) is 2. The van der Waals surface area contributed by atoms with Crippen LogP contribution in [0.2, 0.25) is 0 Å². The average Bonchev–Trinajstić information content (AvgIpc) is 2.22. The second-order valence-corrected chi connectivity index (χ2v) is 2.45. The Labute approximate surface area is 67.6 Å². The van der Waals surface area contributed by atoms with Gasteiger partial charge in [-0.25, -0.2) is 0 Å². The highest BCUT2D eigenvalue weighted by atomic mass is 35.5. The molecular weight excluding hydrogens is 159 g/mol. The largest absolute Gasteiger partial charge is 0.311 e. The fourth-order valence-electron chi connectivity index (χ4n) is 1.44. The van der Waals surface area contributed by atoms with E-state index in [0.717, 1.165) is 12.1 Å². The number of halogens is 2. The Morgan fingerprint density at radius 1 is 0.889 bits per heavy atom. The average molecular weight is 171 g/mol. The Bertz CT molecular complexity index is 71.0. The molecule has 56 valence electrons. The van der Waals surface area contributed by atoms with Gasteiger partial charge in [0.1, 0.15) is 0 Å². The SMILES string of the molecule is C1N[C@@H]2CN[C@H]1C2.Cl.Cl. The first-order valence-corrected chi connectivity index (χ1v) is 2.92. The Hall–Kier alpha value is 0.500. The van der Waals surface area contributed by atoms with Gasteiger partial charge in [0.2, 0.25) is 0 Å². The van der Waals surface area contributed by atoms with Gasteiger partial charge < -0.3 is 10.6 Å². The number of fused-ring (bicyclic) bond motifs is 2. The van der Waals surface area contributed by atoms with Crippen LogP contribution in [0, 0.1) is 0 Å². The topological polar surface area (TPSA) is 24.1 Å². The molecule has 0 aromatic carbocycles. The number of nitrogens with one attached hydrogen (secondary N) is 2. The van der Waals surface area contributed by atoms with E-state index in [1.807, 2.05) is 0 Å². The Balaban J connectivity index is 0.000000320. The molecule has 2 rings (SSSR count). The first-order chi connectivity index (χ1) is 3.45. The van der Waals surface area contributed by atoms with E-state index >= 15 is 0 Å². The molecule has 0 amide bonds. The molecule has 2 atom stereocenters. The lowest BCUT2D eigenvalue weighted by Gasteiger charge is -2.10. The molecule has 2 heterocycles. The van der Waals surface area contributed by atoms with Crippen molar-refractivity contribution in [3.8, 4) is 0 Å². The maximum Gasteiger partial charge on any atom is 0.0208 e. The van der Waals surface area contributed by atoms with Crippen molar-refractivity contribution in [3.05, 3.63) is 0 Å². The predicted molar refractivity (Wildman–Crippen MR) is 42.7 cm³/mol. The molecule has 2 saturated heterocycles. The van der Waals surface area contributed by atoms with Crippen molar-refractivity contribution in [1.82, 2.24) is 10.6 Å². The zero-order chi connectivity index (χ0) is 4.69. The summed E-state index contributed by atoms with van der Waals surface area (Å²) in [7, 11) is 0. The lowest BCUT2D eigenvalue weighted by molar-refractivity contribution is 0.528. The number of hydrogen-bond acceptors (Lipinski definition) is 2. The smallest absolute Gasteiger partial charge is 0.0208 e. The van der Waals surface area contributed by atoms with E-state index in [1.54, 1.807) is 0 Å². The predicted octanol–water partition coefficient (Wildman–Crippen LogP) is 0.164. The van der Waals surface area contributed by atoms with Crippen LogP contribution in [0.1, 0.15) is 6.42 Å². The third-order valence-corrected chi connectivity index (χ3v) is 1.87. The molecule has 9 heavy (non-hydrogen) atoms. The normalized spacial score (nSPS) is 37.3. The molecule has 2 bridgehead atoms. The van der Waals surface area contributed by atoms with Gasteiger partial charge in [-0.1, -0.05) is 0 Å². The van der Waals surface area contributed by atoms with Crippen molar-refractivity contribution >= 4 is 24.8 Å². The minimum atomic E-state index is 0. The van der Waals surface area contributed by atoms with Gasteiger partial charge in [-0.05, 0) is 6.42 Å². The van der Waals surface area contributed by atoms with E-state index in [-0.39, 0.29) is 24.8 Å². The zero-order valence-electron chi connectivity index (χ0n) is 5.09. The molecule has 2 aliphatic heterocycles. The van der Waals surface area contributed by atoms with Crippen LogP contribution in [-0.2, 0) is 0 Å². The summed E-state index contributed by atoms with van der Waals surface area (Å²) in [6.07, 6.45) is 1.36. The zero-order valence-corrected chi connectivity index (χ0v) is 6.73. The van der Waals surface area contributed by atoms with Crippen molar-refractivity contribution < 1.29 is 0 Å². The van der Waals surface area contributed by atoms with Crippen molar-refractivity contribution in [2.45, 2.75) is 18.5 Å². The van der Waals surface area contributed by atoms with Crippen LogP contribution in [0.5, 0.6) is 0 Å². The molecular formula is C5H12Cl2N2. The summed E-state index contributed by atoms with van der Waals surface area (Å²) in [4.78, 5) is 0. The summed E-state index contributed by atoms with van der Waals surface area (Å²) in [5, 5.41) is 6.79. The molecule has 0 unspecified atom stereocenters. The summed E-state index contributed by atoms with van der Waals surface area (Å²) in [6.45, 7) is 2.40. The molecule has 2 N–H and O–H groups in total. The summed E-state index contributed by atoms with van der Waals surface area (Å²) < 4.78 is 0. The van der Waals surface area contributed by atoms with Gasteiger partial charge in [-0.2, -0.15) is 0 Å². The number of piperazine rings is 1. The van der Waals surface area contributed by atoms with Gasteiger partial charge in [0.15, 0.2) is 0 Å². The van der Waals surface area contributed by atoms with E-state index in [4.69, 9.17) is 0 Å². The Morgan fingerprint density at radius 2 is 1.33 bits per heavy atom. The van der Waals surface area contributed by atoms with Crippen molar-refractivity contribution in [2.24, 2.45) is 0 Å². The minimum absolute atomic E-state index is 0. The Morgan fingerprint density at radius 3 is 1.44 bits per heavy atom. The third kappa shape index (κ3) is 1.71. The van der Waals surface area contributed by atoms with Gasteiger partial charge in [0, 0.05) is 25.2 Å². The van der Waals surface area contributed by atoms with Crippen molar-refractivity contribution in [2.75, 3.05) is 13.1 Å². The molecule has 4 heteroatoms. The van der Waals surface area contributed by atoms with Crippen molar-refractivity contribution in [1.29, 1.82) is 0 Å². The monoisotopic (exact) mass is 170 g/mol. The van der Waals surface area contributed by atoms with E-state index in [1.165, 1.54) is 19.5 Å². The van der Waals surface area contributed by atoms with E-state index in [2.05, 4.69) is 10.6 Å². The van der Waals surface area contributed by atoms with Crippen LogP contribution in [0.4, 0.5) is 0 Å². The van der Waals surface area contributed by atoms with Crippen LogP contribution in [-0.4, -0.2) is 25.2 Å². The number of rotatable bonds is 0. The minimum Gasteiger partial charge on any atom is -0.311 e. The Kier molecular flexibility index (Phi) is 3.82. The molecule has 0 spiro atoms. The maximum atomic E-state index is 3.39. The van der Waals surface area contributed by atoms with E-state index < -0.39 is 0 Å². The standard InChI is InChI=1S/C5H10N2.2ClH/c1-4-2-6-5(1)3-7-4;;/h4-7H,1-3H2;2*1H/t4-,5-;;/m0../s1. The maximum absolute atomic E-state index is 3.39. The summed E-state index contributed by atoms with van der Waals surface area (Å²) >= 11 is 0. The molecule has 2 fully saturated rings. The quantitative estimate of drug-likeness (QED) is 0.542. The van der Waals surface area contributed by atoms with E-state index in [0.29, 0.717) is 0 Å². The lowest BCUT2D eigenvalue weighted by Crippen LogP contribution is -2.39. The van der Waals surface area contributed by atoms with Crippen LogP contribution >= 0.6 is 24.8 Å². The fraction of sp³-hybridized carbons (Fsp3) is 1.00. The second kappa shape index (κ2) is 3.62. The van der Waals surface area contributed by atoms with Gasteiger partial charge in [0.05, 0.1) is 0 Å². The fourth-order valence-corrected chi connectivity index (χ4v) is 1.44. The van der Waals surface area contributed by atoms with Gasteiger partial charge in [-0.15, -0.1) is 24.8 Å². The third-order valence-electron chi connectivity index (χ3n) is 1.87. The highest BCUT2D eigenvalue weighted by Gasteiger charge is 2.29. The molecule has 0 saturated carbocycles. The van der Waals surface area contributed by atoms with Crippen LogP contribution in [0.15, 0.2) is 0 Å². The van der Waals surface area contributed by atoms with Gasteiger partial charge in [-0.3, -0.25) is 0 Å². The molecule has 2 aliphatic rings. The first-order valence-electron chi connectivity index (χ1n) is 2.92. The highest BCUT2D eigenvalue weighted by Crippen LogP contribution is 2.11. The molecule has 2 nitrogen and oxygen atoms in total. The molecule has 0 aliphatic carbocycles. The van der Waals surface area contributed by atoms with E-state index in [9.17, 15) is 0 Å². The molecule has 0 aromatic rings. The lowest BCUT2D eigenvalue weighted by atomic mass is 10.3. The molecule has 0 aromatic heterocycles. The second-order valence-electron chi connectivity index (χ2n) is 2.45. The summed E-state index contributed by atoms with van der Waals surface area (Å²) in [6, 6.07) is 1.62. The van der Waals surface area contributed by atoms with Crippen LogP contribution in [0.25, 0.3) is 0 Å². The molecule has 0 radical (unpaired) electrons. The first kappa shape index (κ1) is 9.50. The van der Waals surface area contributed by atoms with Gasteiger partial charge >= 0.3 is 0 Å². The summed E-state index contributed by atoms with van der Waals surface area (Å²) in [5.41, 5.74) is 0. The van der Waals surface area contributed by atoms with Crippen LogP contribution in [0.3, 0.4) is 0 Å². The summed E-state index contributed by atoms with van der Waals surface area (Å²) in [5.74, 6) is 0. The highest BCUT2D eigenvalue weighted by molar-refractivity contribution is 5.85. The van der Waals surface area contributed by atoms with Crippen LogP contribution < -0.4 is 10.6 Å².